The Kier molecular flexibility index (Phi) is 5.52. The lowest BCUT2D eigenvalue weighted by molar-refractivity contribution is 0.145. The smallest absolute Gasteiger partial charge is 0.265 e. The molecule has 0 spiro atoms. The highest BCUT2D eigenvalue weighted by Gasteiger charge is 2.31. The maximum atomic E-state index is 13.9. The zero-order valence-corrected chi connectivity index (χ0v) is 15.6. The van der Waals surface area contributed by atoms with Crippen LogP contribution < -0.4 is 10.6 Å². The summed E-state index contributed by atoms with van der Waals surface area (Å²) in [6.45, 7) is 1.85. The largest absolute Gasteiger partial charge is 0.314 e. The monoisotopic (exact) mass is 430 g/mol. The van der Waals surface area contributed by atoms with Gasteiger partial charge in [0.2, 0.25) is 9.84 Å². The highest BCUT2D eigenvalue weighted by atomic mass is 79.9. The van der Waals surface area contributed by atoms with Crippen LogP contribution in [0.1, 0.15) is 23.6 Å². The van der Waals surface area contributed by atoms with Crippen LogP contribution in [0, 0.1) is 0 Å². The Hall–Kier alpha value is -1.35. The van der Waals surface area contributed by atoms with E-state index in [-0.39, 0.29) is 15.8 Å². The Bertz CT molecular complexity index is 869. The molecule has 25 heavy (non-hydrogen) atoms. The van der Waals surface area contributed by atoms with Crippen LogP contribution in [0.2, 0.25) is 0 Å². The Balaban J connectivity index is 2.18. The van der Waals surface area contributed by atoms with Crippen LogP contribution in [0.15, 0.2) is 56.7 Å². The van der Waals surface area contributed by atoms with Gasteiger partial charge in [-0.2, -0.15) is 0 Å². The van der Waals surface area contributed by atoms with E-state index < -0.39 is 21.8 Å². The summed E-state index contributed by atoms with van der Waals surface area (Å²) in [5, 5.41) is 6.29. The van der Waals surface area contributed by atoms with E-state index in [0.29, 0.717) is 23.1 Å². The second-order valence-corrected chi connectivity index (χ2v) is 8.45. The summed E-state index contributed by atoms with van der Waals surface area (Å²) in [5.41, 5.74) is -0.116. The Labute approximate surface area is 153 Å². The number of piperazine rings is 1. The van der Waals surface area contributed by atoms with E-state index >= 15 is 0 Å². The number of benzene rings is 2. The van der Waals surface area contributed by atoms with Gasteiger partial charge in [0.05, 0.1) is 9.79 Å². The molecule has 4 nitrogen and oxygen atoms in total. The molecule has 1 unspecified atom stereocenters. The van der Waals surface area contributed by atoms with Crippen LogP contribution in [0.4, 0.5) is 8.78 Å². The minimum Gasteiger partial charge on any atom is -0.314 e. The van der Waals surface area contributed by atoms with E-state index in [1.54, 1.807) is 24.3 Å². The number of rotatable bonds is 4. The number of nitrogens with one attached hydrogen (secondary N) is 2. The van der Waals surface area contributed by atoms with Crippen molar-refractivity contribution in [2.45, 2.75) is 22.3 Å². The number of halogens is 3. The molecule has 0 aliphatic carbocycles. The highest BCUT2D eigenvalue weighted by molar-refractivity contribution is 9.10. The normalized spacial score (nSPS) is 18.5. The fraction of sp³-hybridized carbons (Fsp3) is 0.294. The maximum absolute atomic E-state index is 13.9. The van der Waals surface area contributed by atoms with Gasteiger partial charge in [0.25, 0.3) is 6.43 Å². The molecule has 2 aromatic rings. The molecule has 1 heterocycles. The zero-order valence-electron chi connectivity index (χ0n) is 13.2. The Morgan fingerprint density at radius 2 is 1.76 bits per heavy atom. The Morgan fingerprint density at radius 3 is 2.40 bits per heavy atom. The minimum atomic E-state index is -4.08. The molecule has 1 aliphatic rings. The van der Waals surface area contributed by atoms with E-state index in [4.69, 9.17) is 0 Å². The second kappa shape index (κ2) is 7.49. The summed E-state index contributed by atoms with van der Waals surface area (Å²) in [5.74, 6) is 0. The molecule has 2 N–H and O–H groups in total. The number of alkyl halides is 2. The van der Waals surface area contributed by atoms with Gasteiger partial charge in [-0.15, -0.1) is 0 Å². The molecule has 1 atom stereocenters. The summed E-state index contributed by atoms with van der Waals surface area (Å²) in [6, 6.07) is 10.2. The SMILES string of the molecule is O=S(=O)(c1ccccc1Br)c1cccc(C2CNCCN2)c1C(F)F. The molecule has 1 saturated heterocycles. The fourth-order valence-electron chi connectivity index (χ4n) is 2.99. The third kappa shape index (κ3) is 3.62. The van der Waals surface area contributed by atoms with Gasteiger partial charge in [0, 0.05) is 35.7 Å². The van der Waals surface area contributed by atoms with Crippen molar-refractivity contribution < 1.29 is 17.2 Å². The molecule has 134 valence electrons. The predicted molar refractivity (Wildman–Crippen MR) is 94.6 cm³/mol. The molecule has 3 rings (SSSR count). The molecule has 0 aromatic heterocycles. The molecule has 0 bridgehead atoms. The van der Waals surface area contributed by atoms with Crippen LogP contribution in [0.5, 0.6) is 0 Å². The van der Waals surface area contributed by atoms with Gasteiger partial charge in [-0.3, -0.25) is 0 Å². The van der Waals surface area contributed by atoms with Crippen molar-refractivity contribution in [3.63, 3.8) is 0 Å². The van der Waals surface area contributed by atoms with Crippen LogP contribution >= 0.6 is 15.9 Å². The van der Waals surface area contributed by atoms with Crippen molar-refractivity contribution in [3.05, 3.63) is 58.1 Å². The van der Waals surface area contributed by atoms with Gasteiger partial charge >= 0.3 is 0 Å². The molecule has 8 heteroatoms. The summed E-state index contributed by atoms with van der Waals surface area (Å²) in [7, 11) is -4.08. The first kappa shape index (κ1) is 18.4. The zero-order chi connectivity index (χ0) is 18.0. The number of sulfone groups is 1. The van der Waals surface area contributed by atoms with Gasteiger partial charge < -0.3 is 10.6 Å². The van der Waals surface area contributed by atoms with Gasteiger partial charge in [-0.05, 0) is 39.7 Å². The third-order valence-electron chi connectivity index (χ3n) is 4.15. The standard InChI is InChI=1S/C17H17BrF2N2O2S/c18-12-5-1-2-6-14(12)25(23,24)15-7-3-4-11(16(15)17(19)20)13-10-21-8-9-22-13/h1-7,13,17,21-22H,8-10H2. The Morgan fingerprint density at radius 1 is 1.04 bits per heavy atom. The van der Waals surface area contributed by atoms with E-state index in [1.807, 2.05) is 0 Å². The molecular formula is C17H17BrF2N2O2S. The lowest BCUT2D eigenvalue weighted by Gasteiger charge is -2.27. The van der Waals surface area contributed by atoms with Crippen molar-refractivity contribution in [2.75, 3.05) is 19.6 Å². The first-order valence-electron chi connectivity index (χ1n) is 7.77. The van der Waals surface area contributed by atoms with Gasteiger partial charge in [0.1, 0.15) is 0 Å². The van der Waals surface area contributed by atoms with Gasteiger partial charge in [-0.25, -0.2) is 17.2 Å². The van der Waals surface area contributed by atoms with Crippen molar-refractivity contribution in [1.82, 2.24) is 10.6 Å². The van der Waals surface area contributed by atoms with Crippen LogP contribution in [-0.4, -0.2) is 28.1 Å². The van der Waals surface area contributed by atoms with E-state index in [9.17, 15) is 17.2 Å². The van der Waals surface area contributed by atoms with E-state index in [2.05, 4.69) is 26.6 Å². The quantitative estimate of drug-likeness (QED) is 0.779. The molecule has 0 saturated carbocycles. The van der Waals surface area contributed by atoms with Crippen molar-refractivity contribution in [3.8, 4) is 0 Å². The average molecular weight is 431 g/mol. The summed E-state index contributed by atoms with van der Waals surface area (Å²) in [6.07, 6.45) is -2.90. The van der Waals surface area contributed by atoms with E-state index in [0.717, 1.165) is 6.54 Å². The average Bonchev–Trinajstić information content (AvgIpc) is 2.62. The minimum absolute atomic E-state index is 0.0243. The third-order valence-corrected chi connectivity index (χ3v) is 6.97. The molecule has 2 aromatic carbocycles. The molecule has 0 amide bonds. The van der Waals surface area contributed by atoms with Crippen molar-refractivity contribution in [1.29, 1.82) is 0 Å². The lowest BCUT2D eigenvalue weighted by atomic mass is 9.99. The van der Waals surface area contributed by atoms with Gasteiger partial charge in [-0.1, -0.05) is 24.3 Å². The molecule has 1 fully saturated rings. The molecular weight excluding hydrogens is 414 g/mol. The fourth-order valence-corrected chi connectivity index (χ4v) is 5.48. The summed E-state index contributed by atoms with van der Waals surface area (Å²) >= 11 is 3.20. The van der Waals surface area contributed by atoms with Crippen LogP contribution in [-0.2, 0) is 9.84 Å². The van der Waals surface area contributed by atoms with Gasteiger partial charge in [0.15, 0.2) is 0 Å². The summed E-state index contributed by atoms with van der Waals surface area (Å²) < 4.78 is 54.1. The molecule has 1 aliphatic heterocycles. The second-order valence-electron chi connectivity index (χ2n) is 5.70. The van der Waals surface area contributed by atoms with Crippen LogP contribution in [0.25, 0.3) is 0 Å². The first-order chi connectivity index (χ1) is 11.9. The van der Waals surface area contributed by atoms with E-state index in [1.165, 1.54) is 18.2 Å². The maximum Gasteiger partial charge on any atom is 0.265 e. The highest BCUT2D eigenvalue weighted by Crippen LogP contribution is 2.37. The lowest BCUT2D eigenvalue weighted by Crippen LogP contribution is -2.43. The first-order valence-corrected chi connectivity index (χ1v) is 10.0. The summed E-state index contributed by atoms with van der Waals surface area (Å²) in [4.78, 5) is -0.372. The predicted octanol–water partition coefficient (Wildman–Crippen LogP) is 3.45. The topological polar surface area (TPSA) is 58.2 Å². The van der Waals surface area contributed by atoms with Crippen molar-refractivity contribution >= 4 is 25.8 Å². The van der Waals surface area contributed by atoms with Crippen LogP contribution in [0.3, 0.4) is 0 Å². The van der Waals surface area contributed by atoms with Crippen molar-refractivity contribution in [2.24, 2.45) is 0 Å². The number of hydrogen-bond donors (Lipinski definition) is 2. The number of hydrogen-bond acceptors (Lipinski definition) is 4. The molecule has 0 radical (unpaired) electrons.